The molecule has 1 aromatic rings. The van der Waals surface area contributed by atoms with Gasteiger partial charge in [-0.3, -0.25) is 4.79 Å². The topological polar surface area (TPSA) is 71.2 Å². The summed E-state index contributed by atoms with van der Waals surface area (Å²) in [7, 11) is 0. The van der Waals surface area contributed by atoms with Crippen molar-refractivity contribution in [2.45, 2.75) is 57.2 Å². The number of alkyl halides is 3. The van der Waals surface area contributed by atoms with Crippen LogP contribution in [0.15, 0.2) is 18.3 Å². The van der Waals surface area contributed by atoms with Crippen molar-refractivity contribution in [2.75, 3.05) is 24.5 Å². The maximum atomic E-state index is 12.6. The number of unbranched alkanes of at least 4 members (excludes halogenated alkanes) is 3. The Hall–Kier alpha value is -1.25. The third-order valence-electron chi connectivity index (χ3n) is 4.62. The van der Waals surface area contributed by atoms with Crippen molar-refractivity contribution in [3.63, 3.8) is 0 Å². The van der Waals surface area contributed by atoms with E-state index in [-0.39, 0.29) is 36.8 Å². The number of hydrogen-bond acceptors (Lipinski definition) is 4. The number of piperidine rings is 1. The molecule has 1 aromatic heterocycles. The molecule has 2 rings (SSSR count). The van der Waals surface area contributed by atoms with Crippen LogP contribution in [0.3, 0.4) is 0 Å². The third kappa shape index (κ3) is 8.84. The molecule has 0 aliphatic carbocycles. The predicted octanol–water partition coefficient (Wildman–Crippen LogP) is 3.94. The highest BCUT2D eigenvalue weighted by atomic mass is 35.5. The molecule has 1 aliphatic rings. The average Bonchev–Trinajstić information content (AvgIpc) is 2.61. The molecule has 0 aromatic carbocycles. The molecule has 0 spiro atoms. The van der Waals surface area contributed by atoms with Crippen LogP contribution in [0.1, 0.15) is 50.5 Å². The van der Waals surface area contributed by atoms with E-state index in [0.717, 1.165) is 50.8 Å². The summed E-state index contributed by atoms with van der Waals surface area (Å²) in [5.74, 6) is 0.617. The van der Waals surface area contributed by atoms with Crippen molar-refractivity contribution in [3.8, 4) is 0 Å². The van der Waals surface area contributed by atoms with E-state index in [0.29, 0.717) is 31.9 Å². The molecule has 0 atom stereocenters. The van der Waals surface area contributed by atoms with E-state index in [2.05, 4.69) is 10.3 Å². The number of halogens is 5. The number of nitrogens with one attached hydrogen (secondary N) is 1. The van der Waals surface area contributed by atoms with E-state index in [1.165, 1.54) is 6.07 Å². The van der Waals surface area contributed by atoms with Crippen molar-refractivity contribution in [1.29, 1.82) is 0 Å². The molecule has 0 saturated carbocycles. The second-order valence-corrected chi connectivity index (χ2v) is 6.68. The van der Waals surface area contributed by atoms with Gasteiger partial charge in [-0.1, -0.05) is 12.8 Å². The molecule has 1 saturated heterocycles. The zero-order valence-corrected chi connectivity index (χ0v) is 17.3. The second-order valence-electron chi connectivity index (χ2n) is 6.68. The van der Waals surface area contributed by atoms with Crippen LogP contribution in [0.4, 0.5) is 19.0 Å². The zero-order valence-electron chi connectivity index (χ0n) is 15.7. The molecule has 1 amide bonds. The van der Waals surface area contributed by atoms with Gasteiger partial charge in [0, 0.05) is 31.7 Å². The number of carbonyl (C=O) groups excluding carboxylic acids is 1. The molecular weight excluding hydrogens is 416 g/mol. The number of aromatic nitrogens is 1. The Bertz CT molecular complexity index is 565. The highest BCUT2D eigenvalue weighted by Gasteiger charge is 2.31. The van der Waals surface area contributed by atoms with E-state index < -0.39 is 11.7 Å². The Labute approximate surface area is 176 Å². The van der Waals surface area contributed by atoms with Gasteiger partial charge in [0.1, 0.15) is 5.82 Å². The molecular formula is C18H29Cl2F3N4O. The summed E-state index contributed by atoms with van der Waals surface area (Å²) in [5.41, 5.74) is 4.70. The largest absolute Gasteiger partial charge is 0.417 e. The van der Waals surface area contributed by atoms with Crippen LogP contribution >= 0.6 is 24.8 Å². The van der Waals surface area contributed by atoms with Gasteiger partial charge in [0.2, 0.25) is 5.91 Å². The van der Waals surface area contributed by atoms with Gasteiger partial charge in [0.05, 0.1) is 5.56 Å². The monoisotopic (exact) mass is 444 g/mol. The smallest absolute Gasteiger partial charge is 0.356 e. The minimum Gasteiger partial charge on any atom is -0.356 e. The summed E-state index contributed by atoms with van der Waals surface area (Å²) in [6, 6.07) is 2.58. The standard InChI is InChI=1S/C18H27F3N4O.2ClH/c19-18(20,21)14-6-7-16(23-13-14)25-11-8-15(9-12-25)24-17(26)5-3-1-2-4-10-22;;/h6-7,13,15H,1-5,8-12,22H2,(H,24,26);2*1H. The van der Waals surface area contributed by atoms with Crippen molar-refractivity contribution in [2.24, 2.45) is 5.73 Å². The van der Waals surface area contributed by atoms with Gasteiger partial charge in [-0.2, -0.15) is 13.2 Å². The Kier molecular flexibility index (Phi) is 12.5. The third-order valence-corrected chi connectivity index (χ3v) is 4.62. The van der Waals surface area contributed by atoms with Gasteiger partial charge in [0.25, 0.3) is 0 Å². The second kappa shape index (κ2) is 13.1. The molecule has 10 heteroatoms. The fourth-order valence-electron chi connectivity index (χ4n) is 3.08. The fourth-order valence-corrected chi connectivity index (χ4v) is 3.08. The Balaban J connectivity index is 0.00000364. The lowest BCUT2D eigenvalue weighted by atomic mass is 10.0. The lowest BCUT2D eigenvalue weighted by Gasteiger charge is -2.33. The number of pyridine rings is 1. The van der Waals surface area contributed by atoms with E-state index in [4.69, 9.17) is 5.73 Å². The number of anilines is 1. The van der Waals surface area contributed by atoms with Crippen LogP contribution < -0.4 is 16.0 Å². The zero-order chi connectivity index (χ0) is 19.0. The van der Waals surface area contributed by atoms with Gasteiger partial charge >= 0.3 is 6.18 Å². The SMILES string of the molecule is Cl.Cl.NCCCCCCC(=O)NC1CCN(c2ccc(C(F)(F)F)cn2)CC1. The first-order valence-corrected chi connectivity index (χ1v) is 9.18. The summed E-state index contributed by atoms with van der Waals surface area (Å²) in [6.07, 6.45) is 2.51. The Morgan fingerprint density at radius 2 is 1.79 bits per heavy atom. The van der Waals surface area contributed by atoms with Gasteiger partial charge in [-0.15, -0.1) is 24.8 Å². The fraction of sp³-hybridized carbons (Fsp3) is 0.667. The van der Waals surface area contributed by atoms with E-state index >= 15 is 0 Å². The lowest BCUT2D eigenvalue weighted by molar-refractivity contribution is -0.137. The molecule has 0 radical (unpaired) electrons. The Morgan fingerprint density at radius 1 is 1.14 bits per heavy atom. The number of amides is 1. The highest BCUT2D eigenvalue weighted by Crippen LogP contribution is 2.29. The van der Waals surface area contributed by atoms with Gasteiger partial charge in [-0.05, 0) is 44.4 Å². The highest BCUT2D eigenvalue weighted by molar-refractivity contribution is 5.85. The normalized spacial score (nSPS) is 14.8. The summed E-state index contributed by atoms with van der Waals surface area (Å²) in [5, 5.41) is 3.05. The first-order valence-electron chi connectivity index (χ1n) is 9.18. The summed E-state index contributed by atoms with van der Waals surface area (Å²) >= 11 is 0. The van der Waals surface area contributed by atoms with Crippen molar-refractivity contribution in [3.05, 3.63) is 23.9 Å². The van der Waals surface area contributed by atoms with E-state index in [9.17, 15) is 18.0 Å². The molecule has 1 fully saturated rings. The van der Waals surface area contributed by atoms with Crippen LogP contribution in [0.25, 0.3) is 0 Å². The van der Waals surface area contributed by atoms with Gasteiger partial charge in [-0.25, -0.2) is 4.98 Å². The van der Waals surface area contributed by atoms with E-state index in [1.54, 1.807) is 0 Å². The number of nitrogens with zero attached hydrogens (tertiary/aromatic N) is 2. The minimum absolute atomic E-state index is 0. The number of carbonyl (C=O) groups is 1. The van der Waals surface area contributed by atoms with Crippen LogP contribution in [0.2, 0.25) is 0 Å². The number of nitrogens with two attached hydrogens (primary N) is 1. The quantitative estimate of drug-likeness (QED) is 0.595. The van der Waals surface area contributed by atoms with Crippen molar-refractivity contribution >= 4 is 36.5 Å². The summed E-state index contributed by atoms with van der Waals surface area (Å²) in [4.78, 5) is 17.8. The maximum Gasteiger partial charge on any atom is 0.417 e. The molecule has 1 aliphatic heterocycles. The van der Waals surface area contributed by atoms with Crippen LogP contribution in [0.5, 0.6) is 0 Å². The predicted molar refractivity (Wildman–Crippen MR) is 109 cm³/mol. The lowest BCUT2D eigenvalue weighted by Crippen LogP contribution is -2.44. The molecule has 0 unspecified atom stereocenters. The van der Waals surface area contributed by atoms with Crippen molar-refractivity contribution < 1.29 is 18.0 Å². The molecule has 2 heterocycles. The molecule has 3 N–H and O–H groups in total. The number of hydrogen-bond donors (Lipinski definition) is 2. The molecule has 5 nitrogen and oxygen atoms in total. The van der Waals surface area contributed by atoms with E-state index in [1.807, 2.05) is 4.90 Å². The van der Waals surface area contributed by atoms with Crippen molar-refractivity contribution in [1.82, 2.24) is 10.3 Å². The van der Waals surface area contributed by atoms with Crippen LogP contribution in [-0.4, -0.2) is 36.6 Å². The summed E-state index contributed by atoms with van der Waals surface area (Å²) in [6.45, 7) is 2.03. The molecule has 0 bridgehead atoms. The molecule has 162 valence electrons. The average molecular weight is 445 g/mol. The summed E-state index contributed by atoms with van der Waals surface area (Å²) < 4.78 is 37.8. The molecule has 28 heavy (non-hydrogen) atoms. The van der Waals surface area contributed by atoms with Gasteiger partial charge in [0.15, 0.2) is 0 Å². The first-order chi connectivity index (χ1) is 12.4. The first kappa shape index (κ1) is 26.8. The van der Waals surface area contributed by atoms with Crippen LogP contribution in [-0.2, 0) is 11.0 Å². The van der Waals surface area contributed by atoms with Crippen LogP contribution in [0, 0.1) is 0 Å². The Morgan fingerprint density at radius 3 is 2.32 bits per heavy atom. The van der Waals surface area contributed by atoms with Gasteiger partial charge < -0.3 is 16.0 Å². The number of rotatable bonds is 8. The minimum atomic E-state index is -4.37. The maximum absolute atomic E-state index is 12.6.